The Morgan fingerprint density at radius 2 is 1.84 bits per heavy atom. The number of nitrogens with one attached hydrogen (secondary N) is 1. The number of nitrogen functional groups attached to an aromatic ring is 1. The maximum atomic E-state index is 5.76. The molecule has 1 saturated carbocycles. The number of anilines is 3. The first-order chi connectivity index (χ1) is 9.22. The van der Waals surface area contributed by atoms with Gasteiger partial charge in [-0.15, -0.1) is 0 Å². The van der Waals surface area contributed by atoms with Crippen LogP contribution in [-0.2, 0) is 0 Å². The highest BCUT2D eigenvalue weighted by atomic mass is 15.3. The largest absolute Gasteiger partial charge is 0.368 e. The Morgan fingerprint density at radius 3 is 2.47 bits per heavy atom. The molecule has 1 aromatic rings. The molecule has 0 aromatic carbocycles. The molecule has 106 valence electrons. The van der Waals surface area contributed by atoms with Gasteiger partial charge >= 0.3 is 0 Å². The van der Waals surface area contributed by atoms with Gasteiger partial charge in [0.25, 0.3) is 0 Å². The Morgan fingerprint density at radius 1 is 1.16 bits per heavy atom. The van der Waals surface area contributed by atoms with Gasteiger partial charge in [-0.1, -0.05) is 12.8 Å². The number of aromatic nitrogens is 3. The lowest BCUT2D eigenvalue weighted by molar-refractivity contribution is 0.577. The van der Waals surface area contributed by atoms with Crippen LogP contribution in [-0.4, -0.2) is 34.6 Å². The summed E-state index contributed by atoms with van der Waals surface area (Å²) in [6.07, 6.45) is 5.29. The van der Waals surface area contributed by atoms with Crippen LogP contribution in [0.1, 0.15) is 39.5 Å². The Balaban J connectivity index is 2.03. The molecule has 0 atom stereocenters. The summed E-state index contributed by atoms with van der Waals surface area (Å²) in [5.41, 5.74) is 5.76. The van der Waals surface area contributed by atoms with Crippen molar-refractivity contribution >= 4 is 17.8 Å². The number of hydrogen-bond acceptors (Lipinski definition) is 6. The van der Waals surface area contributed by atoms with E-state index < -0.39 is 0 Å². The lowest BCUT2D eigenvalue weighted by Gasteiger charge is -2.19. The predicted molar refractivity (Wildman–Crippen MR) is 78.2 cm³/mol. The summed E-state index contributed by atoms with van der Waals surface area (Å²) < 4.78 is 0. The SMILES string of the molecule is CCN(CC)c1nc(N)nc(NCC2CCCC2)n1. The zero-order chi connectivity index (χ0) is 13.7. The second-order valence-corrected chi connectivity index (χ2v) is 5.02. The van der Waals surface area contributed by atoms with Crippen LogP contribution < -0.4 is 16.0 Å². The van der Waals surface area contributed by atoms with E-state index in [2.05, 4.69) is 39.0 Å². The first-order valence-electron chi connectivity index (χ1n) is 7.23. The third-order valence-electron chi connectivity index (χ3n) is 3.71. The van der Waals surface area contributed by atoms with E-state index in [0.717, 1.165) is 25.6 Å². The Kier molecular flexibility index (Phi) is 4.76. The molecule has 0 saturated heterocycles. The number of nitrogens with two attached hydrogens (primary N) is 1. The van der Waals surface area contributed by atoms with Crippen molar-refractivity contribution in [3.05, 3.63) is 0 Å². The van der Waals surface area contributed by atoms with Crippen molar-refractivity contribution in [2.75, 3.05) is 35.6 Å². The van der Waals surface area contributed by atoms with Crippen molar-refractivity contribution in [3.63, 3.8) is 0 Å². The van der Waals surface area contributed by atoms with Crippen molar-refractivity contribution in [1.82, 2.24) is 15.0 Å². The fourth-order valence-corrected chi connectivity index (χ4v) is 2.56. The van der Waals surface area contributed by atoms with Crippen LogP contribution in [0.2, 0.25) is 0 Å². The van der Waals surface area contributed by atoms with Gasteiger partial charge < -0.3 is 16.0 Å². The number of nitrogens with zero attached hydrogens (tertiary/aromatic N) is 4. The minimum absolute atomic E-state index is 0.283. The highest BCUT2D eigenvalue weighted by molar-refractivity contribution is 5.41. The number of rotatable bonds is 6. The molecule has 6 heteroatoms. The lowest BCUT2D eigenvalue weighted by Crippen LogP contribution is -2.25. The van der Waals surface area contributed by atoms with E-state index in [4.69, 9.17) is 5.73 Å². The van der Waals surface area contributed by atoms with Crippen LogP contribution in [0, 0.1) is 5.92 Å². The minimum atomic E-state index is 0.283. The summed E-state index contributed by atoms with van der Waals surface area (Å²) in [5.74, 6) is 2.29. The maximum absolute atomic E-state index is 5.76. The number of hydrogen-bond donors (Lipinski definition) is 2. The van der Waals surface area contributed by atoms with Gasteiger partial charge in [-0.05, 0) is 32.6 Å². The Labute approximate surface area is 114 Å². The topological polar surface area (TPSA) is 80.0 Å². The summed E-state index contributed by atoms with van der Waals surface area (Å²) in [6, 6.07) is 0. The molecule has 0 amide bonds. The average Bonchev–Trinajstić information content (AvgIpc) is 2.90. The summed E-state index contributed by atoms with van der Waals surface area (Å²) >= 11 is 0. The maximum Gasteiger partial charge on any atom is 0.231 e. The standard InChI is InChI=1S/C13H24N6/c1-3-19(4-2)13-17-11(14)16-12(18-13)15-9-10-7-5-6-8-10/h10H,3-9H2,1-2H3,(H3,14,15,16,17,18). The quantitative estimate of drug-likeness (QED) is 0.817. The van der Waals surface area contributed by atoms with E-state index in [1.54, 1.807) is 0 Å². The van der Waals surface area contributed by atoms with Gasteiger partial charge in [0, 0.05) is 19.6 Å². The van der Waals surface area contributed by atoms with E-state index in [1.165, 1.54) is 25.7 Å². The van der Waals surface area contributed by atoms with Gasteiger partial charge in [0.05, 0.1) is 0 Å². The average molecular weight is 264 g/mol. The molecule has 1 aliphatic rings. The predicted octanol–water partition coefficient (Wildman–Crippen LogP) is 1.90. The molecule has 2 rings (SSSR count). The molecular weight excluding hydrogens is 240 g/mol. The fraction of sp³-hybridized carbons (Fsp3) is 0.769. The van der Waals surface area contributed by atoms with Crippen molar-refractivity contribution < 1.29 is 0 Å². The monoisotopic (exact) mass is 264 g/mol. The smallest absolute Gasteiger partial charge is 0.231 e. The molecule has 1 fully saturated rings. The molecule has 0 bridgehead atoms. The lowest BCUT2D eigenvalue weighted by atomic mass is 10.1. The highest BCUT2D eigenvalue weighted by Crippen LogP contribution is 2.24. The third-order valence-corrected chi connectivity index (χ3v) is 3.71. The molecule has 3 N–H and O–H groups in total. The molecule has 1 aromatic heterocycles. The van der Waals surface area contributed by atoms with Gasteiger partial charge in [0.1, 0.15) is 0 Å². The minimum Gasteiger partial charge on any atom is -0.368 e. The highest BCUT2D eigenvalue weighted by Gasteiger charge is 2.16. The zero-order valence-electron chi connectivity index (χ0n) is 11.9. The summed E-state index contributed by atoms with van der Waals surface area (Å²) in [5, 5.41) is 3.30. The van der Waals surface area contributed by atoms with Gasteiger partial charge in [-0.25, -0.2) is 0 Å². The normalized spacial score (nSPS) is 15.7. The molecule has 0 radical (unpaired) electrons. The fourth-order valence-electron chi connectivity index (χ4n) is 2.56. The first-order valence-corrected chi connectivity index (χ1v) is 7.23. The van der Waals surface area contributed by atoms with E-state index in [0.29, 0.717) is 11.9 Å². The Bertz CT molecular complexity index is 398. The van der Waals surface area contributed by atoms with E-state index in [1.807, 2.05) is 0 Å². The molecule has 19 heavy (non-hydrogen) atoms. The van der Waals surface area contributed by atoms with Crippen LogP contribution in [0.4, 0.5) is 17.8 Å². The van der Waals surface area contributed by atoms with Gasteiger partial charge in [0.2, 0.25) is 17.8 Å². The molecule has 0 aliphatic heterocycles. The summed E-state index contributed by atoms with van der Waals surface area (Å²) in [6.45, 7) is 6.81. The Hall–Kier alpha value is -1.59. The van der Waals surface area contributed by atoms with Crippen LogP contribution in [0.15, 0.2) is 0 Å². The van der Waals surface area contributed by atoms with Gasteiger partial charge in [0.15, 0.2) is 0 Å². The van der Waals surface area contributed by atoms with E-state index in [-0.39, 0.29) is 5.95 Å². The first kappa shape index (κ1) is 13.8. The van der Waals surface area contributed by atoms with Crippen molar-refractivity contribution in [3.8, 4) is 0 Å². The second kappa shape index (κ2) is 6.54. The van der Waals surface area contributed by atoms with Crippen LogP contribution in [0.5, 0.6) is 0 Å². The molecule has 1 heterocycles. The molecule has 6 nitrogen and oxygen atoms in total. The van der Waals surface area contributed by atoms with Crippen LogP contribution in [0.3, 0.4) is 0 Å². The molecular formula is C13H24N6. The third kappa shape index (κ3) is 3.68. The van der Waals surface area contributed by atoms with E-state index >= 15 is 0 Å². The van der Waals surface area contributed by atoms with Crippen LogP contribution in [0.25, 0.3) is 0 Å². The second-order valence-electron chi connectivity index (χ2n) is 5.02. The van der Waals surface area contributed by atoms with Gasteiger partial charge in [-0.3, -0.25) is 0 Å². The van der Waals surface area contributed by atoms with Crippen molar-refractivity contribution in [2.24, 2.45) is 5.92 Å². The van der Waals surface area contributed by atoms with Crippen molar-refractivity contribution in [2.45, 2.75) is 39.5 Å². The zero-order valence-corrected chi connectivity index (χ0v) is 11.9. The van der Waals surface area contributed by atoms with Gasteiger partial charge in [-0.2, -0.15) is 15.0 Å². The van der Waals surface area contributed by atoms with E-state index in [9.17, 15) is 0 Å². The molecule has 0 spiro atoms. The summed E-state index contributed by atoms with van der Waals surface area (Å²) in [7, 11) is 0. The molecule has 1 aliphatic carbocycles. The molecule has 0 unspecified atom stereocenters. The van der Waals surface area contributed by atoms with Crippen LogP contribution >= 0.6 is 0 Å². The van der Waals surface area contributed by atoms with Crippen molar-refractivity contribution in [1.29, 1.82) is 0 Å². The summed E-state index contributed by atoms with van der Waals surface area (Å²) in [4.78, 5) is 14.9.